The van der Waals surface area contributed by atoms with Gasteiger partial charge in [0, 0.05) is 24.8 Å². The van der Waals surface area contributed by atoms with Gasteiger partial charge in [-0.25, -0.2) is 13.8 Å². The molecule has 8 heteroatoms. The molecule has 33 heavy (non-hydrogen) atoms. The number of anilines is 3. The van der Waals surface area contributed by atoms with E-state index in [9.17, 15) is 13.6 Å². The Morgan fingerprint density at radius 1 is 1.12 bits per heavy atom. The first-order valence-corrected chi connectivity index (χ1v) is 11.6. The van der Waals surface area contributed by atoms with Gasteiger partial charge in [0.05, 0.1) is 11.9 Å². The smallest absolute Gasteiger partial charge is 0.265 e. The molecular formula is C25H29F2N5O. The Hall–Kier alpha value is -3.00. The quantitative estimate of drug-likeness (QED) is 0.599. The molecule has 2 aromatic heterocycles. The molecule has 0 unspecified atom stereocenters. The van der Waals surface area contributed by atoms with Gasteiger partial charge in [0.25, 0.3) is 11.5 Å². The SMILES string of the molecule is CN1CCC(c2ccc(Nc3nc(N4CCCC(F)(F)C4)cc4cc[nH]c(=O)c34)cc2)CC1. The van der Waals surface area contributed by atoms with Crippen molar-refractivity contribution in [2.75, 3.05) is 43.4 Å². The molecule has 6 nitrogen and oxygen atoms in total. The van der Waals surface area contributed by atoms with Gasteiger partial charge in [0.1, 0.15) is 11.6 Å². The van der Waals surface area contributed by atoms with Crippen LogP contribution >= 0.6 is 0 Å². The average molecular weight is 454 g/mol. The minimum atomic E-state index is -2.74. The highest BCUT2D eigenvalue weighted by molar-refractivity contribution is 5.94. The van der Waals surface area contributed by atoms with Gasteiger partial charge >= 0.3 is 0 Å². The second-order valence-electron chi connectivity index (χ2n) is 9.31. The third-order valence-electron chi connectivity index (χ3n) is 6.82. The zero-order valence-electron chi connectivity index (χ0n) is 18.8. The maximum Gasteiger partial charge on any atom is 0.265 e. The van der Waals surface area contributed by atoms with E-state index < -0.39 is 5.92 Å². The van der Waals surface area contributed by atoms with E-state index >= 15 is 0 Å². The summed E-state index contributed by atoms with van der Waals surface area (Å²) in [4.78, 5) is 23.9. The minimum Gasteiger partial charge on any atom is -0.350 e. The normalized spacial score (nSPS) is 19.7. The summed E-state index contributed by atoms with van der Waals surface area (Å²) < 4.78 is 28.1. The first-order chi connectivity index (χ1) is 15.9. The highest BCUT2D eigenvalue weighted by atomic mass is 19.3. The molecule has 2 aliphatic rings. The van der Waals surface area contributed by atoms with E-state index in [0.29, 0.717) is 41.3 Å². The lowest BCUT2D eigenvalue weighted by molar-refractivity contribution is -0.0118. The van der Waals surface area contributed by atoms with Crippen LogP contribution in [0.1, 0.15) is 37.2 Å². The average Bonchev–Trinajstić information content (AvgIpc) is 2.79. The molecule has 2 aliphatic heterocycles. The van der Waals surface area contributed by atoms with Crippen LogP contribution in [0.15, 0.2) is 47.4 Å². The van der Waals surface area contributed by atoms with Gasteiger partial charge in [0.15, 0.2) is 0 Å². The van der Waals surface area contributed by atoms with Crippen molar-refractivity contribution in [1.82, 2.24) is 14.9 Å². The summed E-state index contributed by atoms with van der Waals surface area (Å²) in [6.45, 7) is 2.36. The number of nitrogens with one attached hydrogen (secondary N) is 2. The molecule has 3 aromatic rings. The van der Waals surface area contributed by atoms with Gasteiger partial charge < -0.3 is 20.1 Å². The molecule has 0 aliphatic carbocycles. The predicted octanol–water partition coefficient (Wildman–Crippen LogP) is 4.71. The number of H-pyrrole nitrogens is 1. The molecule has 2 saturated heterocycles. The van der Waals surface area contributed by atoms with E-state index in [1.165, 1.54) is 5.56 Å². The third-order valence-corrected chi connectivity index (χ3v) is 6.82. The number of alkyl halides is 2. The van der Waals surface area contributed by atoms with Gasteiger partial charge in [-0.1, -0.05) is 12.1 Å². The number of fused-ring (bicyclic) bond motifs is 1. The Balaban J connectivity index is 1.45. The van der Waals surface area contributed by atoms with Crippen molar-refractivity contribution < 1.29 is 8.78 Å². The summed E-state index contributed by atoms with van der Waals surface area (Å²) in [5.74, 6) is -1.34. The van der Waals surface area contributed by atoms with Crippen LogP contribution in [0, 0.1) is 0 Å². The predicted molar refractivity (Wildman–Crippen MR) is 128 cm³/mol. The molecule has 2 N–H and O–H groups in total. The Labute approximate surface area is 191 Å². The van der Waals surface area contributed by atoms with Crippen LogP contribution in [0.25, 0.3) is 10.8 Å². The lowest BCUT2D eigenvalue weighted by Crippen LogP contribution is -2.43. The molecule has 1 aromatic carbocycles. The number of benzene rings is 1. The fourth-order valence-electron chi connectivity index (χ4n) is 4.93. The number of aromatic amines is 1. The molecule has 4 heterocycles. The minimum absolute atomic E-state index is 0.106. The van der Waals surface area contributed by atoms with Gasteiger partial charge in [-0.15, -0.1) is 0 Å². The lowest BCUT2D eigenvalue weighted by atomic mass is 9.89. The van der Waals surface area contributed by atoms with Crippen LogP contribution in [-0.4, -0.2) is 54.0 Å². The zero-order valence-corrected chi connectivity index (χ0v) is 18.8. The standard InChI is InChI=1S/C25H29F2N5O/c1-31-13-8-18(9-14-31)17-3-5-20(6-4-17)29-23-22-19(7-11-28-24(22)33)15-21(30-23)32-12-2-10-25(26,27)16-32/h3-7,11,15,18H,2,8-10,12-14,16H2,1H3,(H,28,33)(H,29,30). The number of aromatic nitrogens is 2. The molecule has 0 radical (unpaired) electrons. The van der Waals surface area contributed by atoms with E-state index in [2.05, 4.69) is 39.4 Å². The zero-order chi connectivity index (χ0) is 23.0. The second kappa shape index (κ2) is 8.74. The molecule has 0 amide bonds. The van der Waals surface area contributed by atoms with Crippen molar-refractivity contribution >= 4 is 28.1 Å². The van der Waals surface area contributed by atoms with Crippen LogP contribution in [0.4, 0.5) is 26.1 Å². The van der Waals surface area contributed by atoms with Crippen molar-refractivity contribution in [2.45, 2.75) is 37.5 Å². The fraction of sp³-hybridized carbons (Fsp3) is 0.440. The van der Waals surface area contributed by atoms with Crippen LogP contribution in [0.5, 0.6) is 0 Å². The Morgan fingerprint density at radius 2 is 1.88 bits per heavy atom. The molecule has 0 bridgehead atoms. The van der Waals surface area contributed by atoms with Crippen molar-refractivity contribution in [1.29, 1.82) is 0 Å². The fourth-order valence-corrected chi connectivity index (χ4v) is 4.93. The van der Waals surface area contributed by atoms with Crippen molar-refractivity contribution in [3.05, 3.63) is 58.5 Å². The summed E-state index contributed by atoms with van der Waals surface area (Å²) in [6, 6.07) is 11.7. The van der Waals surface area contributed by atoms with Crippen molar-refractivity contribution in [3.8, 4) is 0 Å². The number of hydrogen-bond donors (Lipinski definition) is 2. The molecule has 0 spiro atoms. The third kappa shape index (κ3) is 4.71. The Kier molecular flexibility index (Phi) is 5.78. The number of piperidine rings is 2. The summed E-state index contributed by atoms with van der Waals surface area (Å²) in [7, 11) is 2.15. The molecule has 0 atom stereocenters. The van der Waals surface area contributed by atoms with Crippen molar-refractivity contribution in [3.63, 3.8) is 0 Å². The molecule has 5 rings (SSSR count). The Bertz CT molecular complexity index is 1190. The second-order valence-corrected chi connectivity index (χ2v) is 9.31. The van der Waals surface area contributed by atoms with Crippen LogP contribution < -0.4 is 15.8 Å². The maximum absolute atomic E-state index is 14.0. The Morgan fingerprint density at radius 3 is 2.61 bits per heavy atom. The van der Waals surface area contributed by atoms with Crippen LogP contribution in [-0.2, 0) is 0 Å². The molecular weight excluding hydrogens is 424 g/mol. The first kappa shape index (κ1) is 21.8. The first-order valence-electron chi connectivity index (χ1n) is 11.6. The topological polar surface area (TPSA) is 64.3 Å². The lowest BCUT2D eigenvalue weighted by Gasteiger charge is -2.33. The van der Waals surface area contributed by atoms with Gasteiger partial charge in [-0.05, 0) is 80.5 Å². The van der Waals surface area contributed by atoms with E-state index in [4.69, 9.17) is 0 Å². The number of rotatable bonds is 4. The largest absolute Gasteiger partial charge is 0.350 e. The highest BCUT2D eigenvalue weighted by Gasteiger charge is 2.36. The highest BCUT2D eigenvalue weighted by Crippen LogP contribution is 2.33. The molecule has 2 fully saturated rings. The number of halogens is 2. The summed E-state index contributed by atoms with van der Waals surface area (Å²) in [6.07, 6.45) is 4.16. The van der Waals surface area contributed by atoms with E-state index in [0.717, 1.165) is 31.6 Å². The summed E-state index contributed by atoms with van der Waals surface area (Å²) in [5, 5.41) is 4.36. The van der Waals surface area contributed by atoms with Gasteiger partial charge in [0.2, 0.25) is 0 Å². The van der Waals surface area contributed by atoms with Gasteiger partial charge in [-0.2, -0.15) is 0 Å². The number of nitrogens with zero attached hydrogens (tertiary/aromatic N) is 3. The number of hydrogen-bond acceptors (Lipinski definition) is 5. The van der Waals surface area contributed by atoms with E-state index in [1.54, 1.807) is 23.2 Å². The van der Waals surface area contributed by atoms with E-state index in [-0.39, 0.29) is 18.5 Å². The summed E-state index contributed by atoms with van der Waals surface area (Å²) in [5.41, 5.74) is 1.86. The van der Waals surface area contributed by atoms with Crippen molar-refractivity contribution in [2.24, 2.45) is 0 Å². The number of likely N-dealkylation sites (tertiary alicyclic amines) is 1. The van der Waals surface area contributed by atoms with Crippen LogP contribution in [0.2, 0.25) is 0 Å². The van der Waals surface area contributed by atoms with Crippen LogP contribution in [0.3, 0.4) is 0 Å². The number of pyridine rings is 2. The van der Waals surface area contributed by atoms with E-state index in [1.807, 2.05) is 12.1 Å². The monoisotopic (exact) mass is 453 g/mol. The summed E-state index contributed by atoms with van der Waals surface area (Å²) >= 11 is 0. The molecule has 174 valence electrons. The van der Waals surface area contributed by atoms with Gasteiger partial charge in [-0.3, -0.25) is 4.79 Å². The molecule has 0 saturated carbocycles. The maximum atomic E-state index is 14.0.